The number of nitrogens with one attached hydrogen (secondary N) is 1. The van der Waals surface area contributed by atoms with Crippen molar-refractivity contribution < 1.29 is 4.74 Å². The highest BCUT2D eigenvalue weighted by atomic mass is 16.5. The van der Waals surface area contributed by atoms with Crippen LogP contribution < -0.4 is 0 Å². The molecule has 17 heavy (non-hydrogen) atoms. The van der Waals surface area contributed by atoms with Gasteiger partial charge < -0.3 is 4.74 Å². The van der Waals surface area contributed by atoms with E-state index in [4.69, 9.17) is 4.74 Å². The Morgan fingerprint density at radius 3 is 2.76 bits per heavy atom. The topological polar surface area (TPSA) is 50.8 Å². The highest BCUT2D eigenvalue weighted by Crippen LogP contribution is 2.14. The van der Waals surface area contributed by atoms with Gasteiger partial charge in [0.15, 0.2) is 5.82 Å². The van der Waals surface area contributed by atoms with Crippen LogP contribution in [0.4, 0.5) is 0 Å². The number of hydrogen-bond acceptors (Lipinski definition) is 3. The first kappa shape index (κ1) is 11.8. The second-order valence-electron chi connectivity index (χ2n) is 4.24. The minimum absolute atomic E-state index is 0.441. The summed E-state index contributed by atoms with van der Waals surface area (Å²) >= 11 is 0. The van der Waals surface area contributed by atoms with Gasteiger partial charge in [-0.3, -0.25) is 5.10 Å². The Hall–Kier alpha value is -1.68. The van der Waals surface area contributed by atoms with Gasteiger partial charge in [-0.15, -0.1) is 0 Å². The molecule has 0 radical (unpaired) electrons. The molecule has 0 saturated carbocycles. The SMILES string of the molecule is COCC(C)Cc1nc(-c2ccccc2)n[nH]1. The molecule has 1 unspecified atom stereocenters. The van der Waals surface area contributed by atoms with Gasteiger partial charge in [0, 0.05) is 25.7 Å². The van der Waals surface area contributed by atoms with Gasteiger partial charge in [-0.25, -0.2) is 4.98 Å². The molecule has 0 aliphatic rings. The minimum Gasteiger partial charge on any atom is -0.384 e. The molecule has 2 aromatic rings. The van der Waals surface area contributed by atoms with Gasteiger partial charge in [0.25, 0.3) is 0 Å². The largest absolute Gasteiger partial charge is 0.384 e. The van der Waals surface area contributed by atoms with E-state index >= 15 is 0 Å². The lowest BCUT2D eigenvalue weighted by atomic mass is 10.1. The zero-order chi connectivity index (χ0) is 12.1. The zero-order valence-electron chi connectivity index (χ0n) is 10.2. The second kappa shape index (κ2) is 5.59. The smallest absolute Gasteiger partial charge is 0.181 e. The molecule has 1 N–H and O–H groups in total. The summed E-state index contributed by atoms with van der Waals surface area (Å²) in [6, 6.07) is 9.96. The average Bonchev–Trinajstić information content (AvgIpc) is 2.79. The molecule has 0 amide bonds. The van der Waals surface area contributed by atoms with Gasteiger partial charge in [-0.1, -0.05) is 37.3 Å². The number of nitrogens with zero attached hydrogens (tertiary/aromatic N) is 2. The fraction of sp³-hybridized carbons (Fsp3) is 0.385. The predicted octanol–water partition coefficient (Wildman–Crippen LogP) is 2.30. The van der Waals surface area contributed by atoms with Crippen molar-refractivity contribution >= 4 is 0 Å². The molecule has 2 rings (SSSR count). The molecule has 0 spiro atoms. The van der Waals surface area contributed by atoms with E-state index in [1.54, 1.807) is 7.11 Å². The first-order valence-electron chi connectivity index (χ1n) is 5.75. The molecular formula is C13H17N3O. The summed E-state index contributed by atoms with van der Waals surface area (Å²) in [6.07, 6.45) is 0.855. The second-order valence-corrected chi connectivity index (χ2v) is 4.24. The van der Waals surface area contributed by atoms with E-state index in [1.165, 1.54) is 0 Å². The van der Waals surface area contributed by atoms with Gasteiger partial charge in [0.1, 0.15) is 5.82 Å². The van der Waals surface area contributed by atoms with E-state index in [2.05, 4.69) is 22.1 Å². The fourth-order valence-corrected chi connectivity index (χ4v) is 1.78. The fourth-order valence-electron chi connectivity index (χ4n) is 1.78. The Morgan fingerprint density at radius 2 is 2.06 bits per heavy atom. The molecule has 0 aliphatic carbocycles. The maximum Gasteiger partial charge on any atom is 0.181 e. The quantitative estimate of drug-likeness (QED) is 0.859. The van der Waals surface area contributed by atoms with Crippen LogP contribution in [-0.4, -0.2) is 28.9 Å². The van der Waals surface area contributed by atoms with Crippen LogP contribution in [-0.2, 0) is 11.2 Å². The van der Waals surface area contributed by atoms with E-state index in [-0.39, 0.29) is 0 Å². The number of aromatic amines is 1. The first-order valence-corrected chi connectivity index (χ1v) is 5.75. The highest BCUT2D eigenvalue weighted by Gasteiger charge is 2.09. The van der Waals surface area contributed by atoms with Crippen LogP contribution in [0.25, 0.3) is 11.4 Å². The van der Waals surface area contributed by atoms with Crippen LogP contribution in [0, 0.1) is 5.92 Å². The van der Waals surface area contributed by atoms with Crippen LogP contribution in [0.5, 0.6) is 0 Å². The van der Waals surface area contributed by atoms with Crippen LogP contribution in [0.3, 0.4) is 0 Å². The molecule has 1 atom stereocenters. The molecule has 4 nitrogen and oxygen atoms in total. The summed E-state index contributed by atoms with van der Waals surface area (Å²) in [7, 11) is 1.71. The van der Waals surface area contributed by atoms with Crippen molar-refractivity contribution in [3.05, 3.63) is 36.2 Å². The number of H-pyrrole nitrogens is 1. The summed E-state index contributed by atoms with van der Waals surface area (Å²) < 4.78 is 5.11. The monoisotopic (exact) mass is 231 g/mol. The van der Waals surface area contributed by atoms with Crippen LogP contribution >= 0.6 is 0 Å². The summed E-state index contributed by atoms with van der Waals surface area (Å²) in [5.74, 6) is 2.11. The van der Waals surface area contributed by atoms with Crippen molar-refractivity contribution in [1.29, 1.82) is 0 Å². The molecule has 1 aromatic carbocycles. The molecule has 0 bridgehead atoms. The van der Waals surface area contributed by atoms with Crippen molar-refractivity contribution in [3.63, 3.8) is 0 Å². The van der Waals surface area contributed by atoms with E-state index in [0.717, 1.165) is 30.2 Å². The molecule has 90 valence electrons. The normalized spacial score (nSPS) is 12.6. The molecule has 1 aromatic heterocycles. The van der Waals surface area contributed by atoms with Crippen LogP contribution in [0.2, 0.25) is 0 Å². The van der Waals surface area contributed by atoms with Gasteiger partial charge in [0.2, 0.25) is 0 Å². The molecule has 0 aliphatic heterocycles. The number of ether oxygens (including phenoxy) is 1. The van der Waals surface area contributed by atoms with Gasteiger partial charge >= 0.3 is 0 Å². The number of aromatic nitrogens is 3. The van der Waals surface area contributed by atoms with E-state index in [9.17, 15) is 0 Å². The number of methoxy groups -OCH3 is 1. The first-order chi connectivity index (χ1) is 8.29. The molecular weight excluding hydrogens is 214 g/mol. The maximum absolute atomic E-state index is 5.11. The Kier molecular flexibility index (Phi) is 3.88. The summed E-state index contributed by atoms with van der Waals surface area (Å²) in [6.45, 7) is 2.87. The van der Waals surface area contributed by atoms with E-state index in [0.29, 0.717) is 5.92 Å². The van der Waals surface area contributed by atoms with Crippen molar-refractivity contribution in [2.24, 2.45) is 5.92 Å². The standard InChI is InChI=1S/C13H17N3O/c1-10(9-17-2)8-12-14-13(16-15-12)11-6-4-3-5-7-11/h3-7,10H,8-9H2,1-2H3,(H,14,15,16). The zero-order valence-corrected chi connectivity index (χ0v) is 10.2. The highest BCUT2D eigenvalue weighted by molar-refractivity contribution is 5.53. The van der Waals surface area contributed by atoms with Gasteiger partial charge in [-0.2, -0.15) is 5.10 Å². The Morgan fingerprint density at radius 1 is 1.29 bits per heavy atom. The maximum atomic E-state index is 5.11. The van der Waals surface area contributed by atoms with Crippen LogP contribution in [0.15, 0.2) is 30.3 Å². The lowest BCUT2D eigenvalue weighted by Gasteiger charge is -2.06. The lowest BCUT2D eigenvalue weighted by Crippen LogP contribution is -2.08. The molecule has 1 heterocycles. The number of hydrogen-bond donors (Lipinski definition) is 1. The lowest BCUT2D eigenvalue weighted by molar-refractivity contribution is 0.159. The van der Waals surface area contributed by atoms with Crippen molar-refractivity contribution in [2.75, 3.05) is 13.7 Å². The Bertz CT molecular complexity index is 453. The molecule has 0 saturated heterocycles. The van der Waals surface area contributed by atoms with E-state index in [1.807, 2.05) is 30.3 Å². The third-order valence-electron chi connectivity index (χ3n) is 2.56. The average molecular weight is 231 g/mol. The third-order valence-corrected chi connectivity index (χ3v) is 2.56. The van der Waals surface area contributed by atoms with Gasteiger partial charge in [0.05, 0.1) is 0 Å². The predicted molar refractivity (Wildman–Crippen MR) is 66.6 cm³/mol. The minimum atomic E-state index is 0.441. The third kappa shape index (κ3) is 3.14. The number of rotatable bonds is 5. The summed E-state index contributed by atoms with van der Waals surface area (Å²) in [4.78, 5) is 4.48. The number of benzene rings is 1. The summed E-state index contributed by atoms with van der Waals surface area (Å²) in [5.41, 5.74) is 1.04. The molecule has 4 heteroatoms. The van der Waals surface area contributed by atoms with Crippen molar-refractivity contribution in [1.82, 2.24) is 15.2 Å². The van der Waals surface area contributed by atoms with Gasteiger partial charge in [-0.05, 0) is 5.92 Å². The molecule has 0 fully saturated rings. The van der Waals surface area contributed by atoms with E-state index < -0.39 is 0 Å². The van der Waals surface area contributed by atoms with Crippen LogP contribution in [0.1, 0.15) is 12.7 Å². The Labute approximate surface area is 101 Å². The van der Waals surface area contributed by atoms with Crippen molar-refractivity contribution in [2.45, 2.75) is 13.3 Å². The van der Waals surface area contributed by atoms with Crippen molar-refractivity contribution in [3.8, 4) is 11.4 Å². The summed E-state index contributed by atoms with van der Waals surface area (Å²) in [5, 5.41) is 7.20. The Balaban J connectivity index is 2.06.